The fourth-order valence-corrected chi connectivity index (χ4v) is 1.95. The van der Waals surface area contributed by atoms with E-state index in [1.165, 1.54) is 4.88 Å². The van der Waals surface area contributed by atoms with Crippen LogP contribution in [-0.4, -0.2) is 16.7 Å². The molecule has 5 heteroatoms. The van der Waals surface area contributed by atoms with Crippen molar-refractivity contribution < 1.29 is 9.53 Å². The van der Waals surface area contributed by atoms with Gasteiger partial charge in [0.05, 0.1) is 12.2 Å². The quantitative estimate of drug-likeness (QED) is 0.867. The highest BCUT2D eigenvalue weighted by molar-refractivity contribution is 7.11. The molecule has 1 heterocycles. The topological polar surface area (TPSA) is 51.2 Å². The lowest BCUT2D eigenvalue weighted by Gasteiger charge is -2.19. The van der Waals surface area contributed by atoms with Gasteiger partial charge in [-0.05, 0) is 34.6 Å². The van der Waals surface area contributed by atoms with E-state index in [-0.39, 0.29) is 0 Å². The third-order valence-corrected chi connectivity index (χ3v) is 2.93. The van der Waals surface area contributed by atoms with Gasteiger partial charge in [0, 0.05) is 4.88 Å². The smallest absolute Gasteiger partial charge is 0.408 e. The van der Waals surface area contributed by atoms with Gasteiger partial charge in [-0.2, -0.15) is 0 Å². The molecule has 0 aliphatic carbocycles. The summed E-state index contributed by atoms with van der Waals surface area (Å²) in [4.78, 5) is 16.9. The zero-order chi connectivity index (χ0) is 12.3. The van der Waals surface area contributed by atoms with E-state index in [9.17, 15) is 4.79 Å². The summed E-state index contributed by atoms with van der Waals surface area (Å²) >= 11 is 1.59. The number of aromatic nitrogens is 1. The predicted molar refractivity (Wildman–Crippen MR) is 64.7 cm³/mol. The molecule has 0 saturated carbocycles. The van der Waals surface area contributed by atoms with Crippen LogP contribution in [0.2, 0.25) is 0 Å². The Bertz CT molecular complexity index is 360. The monoisotopic (exact) mass is 242 g/mol. The van der Waals surface area contributed by atoms with Gasteiger partial charge in [-0.15, -0.1) is 11.3 Å². The highest BCUT2D eigenvalue weighted by Gasteiger charge is 2.16. The highest BCUT2D eigenvalue weighted by atomic mass is 32.1. The minimum atomic E-state index is -0.460. The Kier molecular flexibility index (Phi) is 3.91. The maximum atomic E-state index is 11.4. The van der Waals surface area contributed by atoms with Gasteiger partial charge in [-0.3, -0.25) is 0 Å². The molecule has 1 amide bonds. The van der Waals surface area contributed by atoms with Gasteiger partial charge in [0.15, 0.2) is 0 Å². The Hall–Kier alpha value is -1.10. The number of carbonyl (C=O) groups is 1. The number of nitrogens with one attached hydrogen (secondary N) is 1. The van der Waals surface area contributed by atoms with E-state index in [4.69, 9.17) is 4.74 Å². The van der Waals surface area contributed by atoms with Crippen LogP contribution in [0, 0.1) is 13.8 Å². The fourth-order valence-electron chi connectivity index (χ4n) is 1.08. The zero-order valence-electron chi connectivity index (χ0n) is 10.4. The molecule has 0 spiro atoms. The first-order valence-electron chi connectivity index (χ1n) is 5.17. The first-order chi connectivity index (χ1) is 7.28. The molecule has 0 saturated heterocycles. The van der Waals surface area contributed by atoms with Crippen molar-refractivity contribution in [2.75, 3.05) is 0 Å². The molecule has 0 aliphatic rings. The van der Waals surface area contributed by atoms with Crippen LogP contribution in [0.25, 0.3) is 0 Å². The average molecular weight is 242 g/mol. The number of alkyl carbamates (subject to hydrolysis) is 1. The number of rotatable bonds is 2. The van der Waals surface area contributed by atoms with Crippen molar-refractivity contribution in [3.8, 4) is 0 Å². The van der Waals surface area contributed by atoms with Crippen molar-refractivity contribution >= 4 is 17.4 Å². The summed E-state index contributed by atoms with van der Waals surface area (Å²) in [6.45, 7) is 9.92. The molecule has 0 atom stereocenters. The second kappa shape index (κ2) is 4.82. The second-order valence-electron chi connectivity index (χ2n) is 4.60. The van der Waals surface area contributed by atoms with Crippen LogP contribution >= 0.6 is 11.3 Å². The average Bonchev–Trinajstić information content (AvgIpc) is 2.40. The van der Waals surface area contributed by atoms with Gasteiger partial charge in [0.25, 0.3) is 0 Å². The van der Waals surface area contributed by atoms with E-state index in [2.05, 4.69) is 10.3 Å². The number of aryl methyl sites for hydroxylation is 2. The Balaban J connectivity index is 2.43. The first-order valence-corrected chi connectivity index (χ1v) is 5.99. The molecule has 0 aromatic carbocycles. The molecule has 16 heavy (non-hydrogen) atoms. The van der Waals surface area contributed by atoms with Crippen LogP contribution in [0.1, 0.15) is 36.3 Å². The van der Waals surface area contributed by atoms with Crippen LogP contribution in [0.3, 0.4) is 0 Å². The molecule has 0 unspecified atom stereocenters. The maximum absolute atomic E-state index is 11.4. The number of hydrogen-bond acceptors (Lipinski definition) is 4. The van der Waals surface area contributed by atoms with Gasteiger partial charge in [-0.25, -0.2) is 9.78 Å². The minimum absolute atomic E-state index is 0.405. The molecule has 4 nitrogen and oxygen atoms in total. The van der Waals surface area contributed by atoms with E-state index in [0.717, 1.165) is 10.7 Å². The molecule has 1 aromatic rings. The Morgan fingerprint density at radius 3 is 2.50 bits per heavy atom. The Labute approximate surface area is 100 Å². The Morgan fingerprint density at radius 1 is 1.44 bits per heavy atom. The van der Waals surface area contributed by atoms with Gasteiger partial charge in [-0.1, -0.05) is 0 Å². The van der Waals surface area contributed by atoms with E-state index >= 15 is 0 Å². The third kappa shape index (κ3) is 4.18. The van der Waals surface area contributed by atoms with Crippen LogP contribution in [-0.2, 0) is 11.3 Å². The summed E-state index contributed by atoms with van der Waals surface area (Å²) in [5.74, 6) is 0. The highest BCUT2D eigenvalue weighted by Crippen LogP contribution is 2.16. The summed E-state index contributed by atoms with van der Waals surface area (Å²) in [5.41, 5.74) is 0.560. The summed E-state index contributed by atoms with van der Waals surface area (Å²) < 4.78 is 5.12. The lowest BCUT2D eigenvalue weighted by molar-refractivity contribution is 0.0523. The molecular formula is C11H18N2O2S. The zero-order valence-corrected chi connectivity index (χ0v) is 11.2. The van der Waals surface area contributed by atoms with Gasteiger partial charge >= 0.3 is 6.09 Å². The standard InChI is InChI=1S/C11H18N2O2S/c1-7-8(2)16-9(13-7)6-12-10(14)15-11(3,4)5/h6H2,1-5H3,(H,12,14). The third-order valence-electron chi connectivity index (χ3n) is 1.86. The lowest BCUT2D eigenvalue weighted by atomic mass is 10.2. The molecule has 0 bridgehead atoms. The summed E-state index contributed by atoms with van der Waals surface area (Å²) in [6.07, 6.45) is -0.405. The van der Waals surface area contributed by atoms with Crippen LogP contribution in [0.4, 0.5) is 4.79 Å². The van der Waals surface area contributed by atoms with Gasteiger partial charge in [0.2, 0.25) is 0 Å². The van der Waals surface area contributed by atoms with Crippen molar-refractivity contribution in [3.05, 3.63) is 15.6 Å². The summed E-state index contributed by atoms with van der Waals surface area (Å²) in [6, 6.07) is 0. The molecule has 1 N–H and O–H groups in total. The fraction of sp³-hybridized carbons (Fsp3) is 0.636. The number of thiazole rings is 1. The SMILES string of the molecule is Cc1nc(CNC(=O)OC(C)(C)C)sc1C. The number of carbonyl (C=O) groups excluding carboxylic acids is 1. The van der Waals surface area contributed by atoms with Crippen molar-refractivity contribution in [2.24, 2.45) is 0 Å². The molecular weight excluding hydrogens is 224 g/mol. The Morgan fingerprint density at radius 2 is 2.06 bits per heavy atom. The summed E-state index contributed by atoms with van der Waals surface area (Å²) in [5, 5.41) is 3.59. The number of ether oxygens (including phenoxy) is 1. The van der Waals surface area contributed by atoms with Crippen molar-refractivity contribution in [2.45, 2.75) is 46.8 Å². The predicted octanol–water partition coefficient (Wildman–Crippen LogP) is 2.78. The number of hydrogen-bond donors (Lipinski definition) is 1. The van der Waals surface area contributed by atoms with Crippen LogP contribution in [0.5, 0.6) is 0 Å². The normalized spacial score (nSPS) is 11.3. The maximum Gasteiger partial charge on any atom is 0.408 e. The molecule has 0 aliphatic heterocycles. The lowest BCUT2D eigenvalue weighted by Crippen LogP contribution is -2.32. The van der Waals surface area contributed by atoms with Crippen LogP contribution in [0.15, 0.2) is 0 Å². The van der Waals surface area contributed by atoms with Gasteiger partial charge < -0.3 is 10.1 Å². The second-order valence-corrected chi connectivity index (χ2v) is 5.89. The number of nitrogens with zero attached hydrogens (tertiary/aromatic N) is 1. The largest absolute Gasteiger partial charge is 0.444 e. The molecule has 90 valence electrons. The number of amides is 1. The van der Waals surface area contributed by atoms with Crippen molar-refractivity contribution in [3.63, 3.8) is 0 Å². The molecule has 0 fully saturated rings. The van der Waals surface area contributed by atoms with E-state index in [0.29, 0.717) is 6.54 Å². The van der Waals surface area contributed by atoms with E-state index < -0.39 is 11.7 Å². The van der Waals surface area contributed by atoms with Gasteiger partial charge in [0.1, 0.15) is 10.6 Å². The minimum Gasteiger partial charge on any atom is -0.444 e. The molecule has 1 rings (SSSR count). The first kappa shape index (κ1) is 13.0. The summed E-state index contributed by atoms with van der Waals surface area (Å²) in [7, 11) is 0. The molecule has 0 radical (unpaired) electrons. The van der Waals surface area contributed by atoms with E-state index in [1.807, 2.05) is 34.6 Å². The van der Waals surface area contributed by atoms with Crippen LogP contribution < -0.4 is 5.32 Å². The van der Waals surface area contributed by atoms with E-state index in [1.54, 1.807) is 11.3 Å². The molecule has 1 aromatic heterocycles. The van der Waals surface area contributed by atoms with Crippen molar-refractivity contribution in [1.82, 2.24) is 10.3 Å². The van der Waals surface area contributed by atoms with Crippen molar-refractivity contribution in [1.29, 1.82) is 0 Å².